The number of rotatable bonds is 4. The van der Waals surface area contributed by atoms with Crippen LogP contribution in [0.2, 0.25) is 5.02 Å². The third-order valence-corrected chi connectivity index (χ3v) is 5.44. The fourth-order valence-corrected chi connectivity index (χ4v) is 3.86. The van der Waals surface area contributed by atoms with Crippen LogP contribution in [0.5, 0.6) is 0 Å². The van der Waals surface area contributed by atoms with Gasteiger partial charge in [0.1, 0.15) is 0 Å². The second kappa shape index (κ2) is 6.20. The Morgan fingerprint density at radius 2 is 1.61 bits per heavy atom. The van der Waals surface area contributed by atoms with Gasteiger partial charge in [-0.15, -0.1) is 0 Å². The third-order valence-electron chi connectivity index (χ3n) is 3.62. The quantitative estimate of drug-likeness (QED) is 0.709. The lowest BCUT2D eigenvalue weighted by Crippen LogP contribution is -2.23. The Kier molecular flexibility index (Phi) is 4.26. The number of nitrogens with one attached hydrogen (secondary N) is 1. The van der Waals surface area contributed by atoms with E-state index in [-0.39, 0.29) is 11.4 Å². The first-order valence-corrected chi connectivity index (χ1v) is 8.85. The van der Waals surface area contributed by atoms with Gasteiger partial charge in [-0.3, -0.25) is 0 Å². The van der Waals surface area contributed by atoms with Gasteiger partial charge in [0.25, 0.3) is 0 Å². The summed E-state index contributed by atoms with van der Waals surface area (Å²) >= 11 is 6.06. The minimum absolute atomic E-state index is 0.126. The summed E-state index contributed by atoms with van der Waals surface area (Å²) in [5.41, 5.74) is 7.19. The number of hydrogen-bond acceptors (Lipinski definition) is 3. The van der Waals surface area contributed by atoms with Gasteiger partial charge in [-0.1, -0.05) is 54.1 Å². The van der Waals surface area contributed by atoms with Gasteiger partial charge in [0, 0.05) is 28.0 Å². The Bertz CT molecular complexity index is 971. The molecule has 6 heteroatoms. The lowest BCUT2D eigenvalue weighted by molar-refractivity contribution is 0.582. The van der Waals surface area contributed by atoms with E-state index in [4.69, 9.17) is 17.3 Å². The number of hydrogen-bond donors (Lipinski definition) is 2. The molecule has 0 aliphatic rings. The molecule has 0 amide bonds. The van der Waals surface area contributed by atoms with Crippen molar-refractivity contribution in [3.63, 3.8) is 0 Å². The summed E-state index contributed by atoms with van der Waals surface area (Å²) in [6.45, 7) is 0.126. The van der Waals surface area contributed by atoms with Crippen LogP contribution in [0, 0.1) is 0 Å². The lowest BCUT2D eigenvalue weighted by atomic mass is 10.1. The van der Waals surface area contributed by atoms with Crippen LogP contribution in [0.15, 0.2) is 65.6 Å². The number of halogens is 1. The van der Waals surface area contributed by atoms with Gasteiger partial charge in [0.05, 0.1) is 4.90 Å². The van der Waals surface area contributed by atoms with E-state index < -0.39 is 10.0 Å². The maximum absolute atomic E-state index is 12.6. The van der Waals surface area contributed by atoms with E-state index in [9.17, 15) is 8.42 Å². The molecule has 3 aromatic carbocycles. The van der Waals surface area contributed by atoms with Crippen molar-refractivity contribution in [3.05, 3.63) is 71.2 Å². The zero-order chi connectivity index (χ0) is 16.4. The van der Waals surface area contributed by atoms with Gasteiger partial charge in [0.15, 0.2) is 0 Å². The van der Waals surface area contributed by atoms with Crippen LogP contribution in [-0.2, 0) is 16.6 Å². The molecule has 0 bridgehead atoms. The largest absolute Gasteiger partial charge is 0.398 e. The van der Waals surface area contributed by atoms with Crippen molar-refractivity contribution in [2.45, 2.75) is 11.4 Å². The topological polar surface area (TPSA) is 72.2 Å². The van der Waals surface area contributed by atoms with Crippen molar-refractivity contribution in [1.82, 2.24) is 4.72 Å². The number of sulfonamides is 1. The van der Waals surface area contributed by atoms with Gasteiger partial charge < -0.3 is 5.73 Å². The Morgan fingerprint density at radius 3 is 2.39 bits per heavy atom. The minimum atomic E-state index is -3.68. The van der Waals surface area contributed by atoms with E-state index in [0.717, 1.165) is 5.56 Å². The van der Waals surface area contributed by atoms with E-state index in [1.54, 1.807) is 54.6 Å². The molecule has 0 saturated heterocycles. The van der Waals surface area contributed by atoms with Crippen LogP contribution in [0.1, 0.15) is 5.56 Å². The zero-order valence-corrected chi connectivity index (χ0v) is 13.7. The molecule has 0 radical (unpaired) electrons. The normalized spacial score (nSPS) is 11.7. The molecule has 0 aliphatic heterocycles. The van der Waals surface area contributed by atoms with Crippen molar-refractivity contribution in [1.29, 1.82) is 0 Å². The summed E-state index contributed by atoms with van der Waals surface area (Å²) in [6, 6.07) is 17.4. The fourth-order valence-electron chi connectivity index (χ4n) is 2.43. The average molecular weight is 347 g/mol. The highest BCUT2D eigenvalue weighted by Gasteiger charge is 2.17. The molecule has 3 N–H and O–H groups in total. The molecule has 0 fully saturated rings. The van der Waals surface area contributed by atoms with Crippen molar-refractivity contribution < 1.29 is 8.42 Å². The van der Waals surface area contributed by atoms with Crippen LogP contribution >= 0.6 is 11.6 Å². The number of anilines is 1. The van der Waals surface area contributed by atoms with Gasteiger partial charge in [-0.25, -0.2) is 13.1 Å². The van der Waals surface area contributed by atoms with Crippen molar-refractivity contribution in [2.24, 2.45) is 0 Å². The zero-order valence-electron chi connectivity index (χ0n) is 12.2. The standard InChI is InChI=1S/C17H15ClN2O2S/c18-15-8-2-1-5-12(15)11-20-23(21,22)17-10-4-6-13-14(17)7-3-9-16(13)19/h1-10,20H,11,19H2. The molecule has 23 heavy (non-hydrogen) atoms. The molecule has 0 atom stereocenters. The van der Waals surface area contributed by atoms with Crippen LogP contribution in [0.3, 0.4) is 0 Å². The monoisotopic (exact) mass is 346 g/mol. The van der Waals surface area contributed by atoms with E-state index in [1.807, 2.05) is 6.07 Å². The number of benzene rings is 3. The van der Waals surface area contributed by atoms with Crippen LogP contribution in [0.25, 0.3) is 10.8 Å². The van der Waals surface area contributed by atoms with Crippen molar-refractivity contribution >= 4 is 38.1 Å². The van der Waals surface area contributed by atoms with Crippen LogP contribution in [-0.4, -0.2) is 8.42 Å². The Hall–Kier alpha value is -2.08. The Morgan fingerprint density at radius 1 is 0.913 bits per heavy atom. The molecule has 3 aromatic rings. The maximum Gasteiger partial charge on any atom is 0.241 e. The number of nitrogens with two attached hydrogens (primary N) is 1. The van der Waals surface area contributed by atoms with Gasteiger partial charge >= 0.3 is 0 Å². The Balaban J connectivity index is 1.98. The van der Waals surface area contributed by atoms with E-state index in [2.05, 4.69) is 4.72 Å². The highest BCUT2D eigenvalue weighted by Crippen LogP contribution is 2.27. The molecular formula is C17H15ClN2O2S. The molecule has 0 heterocycles. The molecule has 118 valence electrons. The van der Waals surface area contributed by atoms with Crippen molar-refractivity contribution in [2.75, 3.05) is 5.73 Å². The first-order chi connectivity index (χ1) is 11.0. The summed E-state index contributed by atoms with van der Waals surface area (Å²) in [7, 11) is -3.68. The Labute approximate surface area is 139 Å². The summed E-state index contributed by atoms with van der Waals surface area (Å²) in [6.07, 6.45) is 0. The van der Waals surface area contributed by atoms with Crippen molar-refractivity contribution in [3.8, 4) is 0 Å². The highest BCUT2D eigenvalue weighted by molar-refractivity contribution is 7.89. The highest BCUT2D eigenvalue weighted by atomic mass is 35.5. The molecule has 0 unspecified atom stereocenters. The second-order valence-corrected chi connectivity index (χ2v) is 7.26. The third kappa shape index (κ3) is 3.17. The summed E-state index contributed by atoms with van der Waals surface area (Å²) in [5.74, 6) is 0. The van der Waals surface area contributed by atoms with Crippen LogP contribution < -0.4 is 10.5 Å². The molecular weight excluding hydrogens is 332 g/mol. The predicted molar refractivity (Wildman–Crippen MR) is 93.8 cm³/mol. The molecule has 0 spiro atoms. The predicted octanol–water partition coefficient (Wildman–Crippen LogP) is 3.55. The number of nitrogen functional groups attached to an aromatic ring is 1. The summed E-state index contributed by atoms with van der Waals surface area (Å²) in [4.78, 5) is 0.203. The average Bonchev–Trinajstić information content (AvgIpc) is 2.54. The SMILES string of the molecule is Nc1cccc2c(S(=O)(=O)NCc3ccccc3Cl)cccc12. The van der Waals surface area contributed by atoms with Gasteiger partial charge in [-0.05, 0) is 23.8 Å². The lowest BCUT2D eigenvalue weighted by Gasteiger charge is -2.11. The molecule has 3 rings (SSSR count). The number of fused-ring (bicyclic) bond motifs is 1. The molecule has 0 aromatic heterocycles. The molecule has 4 nitrogen and oxygen atoms in total. The van der Waals surface area contributed by atoms with Crippen LogP contribution in [0.4, 0.5) is 5.69 Å². The fraction of sp³-hybridized carbons (Fsp3) is 0.0588. The molecule has 0 saturated carbocycles. The van der Waals surface area contributed by atoms with E-state index >= 15 is 0 Å². The second-order valence-electron chi connectivity index (χ2n) is 5.11. The summed E-state index contributed by atoms with van der Waals surface area (Å²) in [5, 5.41) is 1.84. The smallest absolute Gasteiger partial charge is 0.241 e. The van der Waals surface area contributed by atoms with E-state index in [0.29, 0.717) is 21.5 Å². The van der Waals surface area contributed by atoms with Gasteiger partial charge in [-0.2, -0.15) is 0 Å². The first kappa shape index (κ1) is 15.8. The first-order valence-electron chi connectivity index (χ1n) is 6.99. The molecule has 0 aliphatic carbocycles. The minimum Gasteiger partial charge on any atom is -0.398 e. The van der Waals surface area contributed by atoms with E-state index in [1.165, 1.54) is 0 Å². The van der Waals surface area contributed by atoms with Gasteiger partial charge in [0.2, 0.25) is 10.0 Å². The maximum atomic E-state index is 12.6. The summed E-state index contributed by atoms with van der Waals surface area (Å²) < 4.78 is 27.9.